The average Bonchev–Trinajstić information content (AvgIpc) is 2.96. The minimum Gasteiger partial charge on any atom is -0.345 e. The number of aromatic nitrogens is 1. The number of benzene rings is 2. The molecule has 0 spiro atoms. The Labute approximate surface area is 239 Å². The molecule has 1 aromatic heterocycles. The molecule has 1 heterocycles. The number of carbonyl (C=O) groups excluding carboxylic acids is 5. The minimum atomic E-state index is -1.09. The van der Waals surface area contributed by atoms with Crippen LogP contribution in [0, 0.1) is 11.8 Å². The van der Waals surface area contributed by atoms with Crippen molar-refractivity contribution in [2.45, 2.75) is 59.3 Å². The highest BCUT2D eigenvalue weighted by molar-refractivity contribution is 6.38. The zero-order valence-corrected chi connectivity index (χ0v) is 23.9. The van der Waals surface area contributed by atoms with Gasteiger partial charge in [-0.25, -0.2) is 0 Å². The second kappa shape index (κ2) is 14.2. The Hall–Kier alpha value is -4.60. The molecule has 4 N–H and O–H groups in total. The van der Waals surface area contributed by atoms with Crippen molar-refractivity contribution in [2.75, 3.05) is 0 Å². The van der Waals surface area contributed by atoms with E-state index in [1.807, 2.05) is 30.3 Å². The van der Waals surface area contributed by atoms with Gasteiger partial charge in [-0.2, -0.15) is 0 Å². The summed E-state index contributed by atoms with van der Waals surface area (Å²) in [6.07, 6.45) is 1.63. The number of hydrogen-bond donors (Lipinski definition) is 4. The van der Waals surface area contributed by atoms with E-state index >= 15 is 0 Å². The van der Waals surface area contributed by atoms with Crippen molar-refractivity contribution in [3.63, 3.8) is 0 Å². The molecule has 0 saturated heterocycles. The van der Waals surface area contributed by atoms with Crippen molar-refractivity contribution >= 4 is 40.3 Å². The Morgan fingerprint density at radius 1 is 0.707 bits per heavy atom. The molecule has 0 bridgehead atoms. The van der Waals surface area contributed by atoms with Crippen LogP contribution in [0.1, 0.15) is 50.5 Å². The molecule has 0 saturated carbocycles. The van der Waals surface area contributed by atoms with E-state index in [0.29, 0.717) is 16.5 Å². The van der Waals surface area contributed by atoms with Gasteiger partial charge in [-0.3, -0.25) is 29.0 Å². The summed E-state index contributed by atoms with van der Waals surface area (Å²) in [5, 5.41) is 11.2. The first-order chi connectivity index (χ1) is 19.5. The third-order valence-corrected chi connectivity index (χ3v) is 6.64. The van der Waals surface area contributed by atoms with Gasteiger partial charge in [0.25, 0.3) is 11.8 Å². The Morgan fingerprint density at radius 2 is 1.39 bits per heavy atom. The fourth-order valence-electron chi connectivity index (χ4n) is 4.24. The van der Waals surface area contributed by atoms with Gasteiger partial charge in [-0.15, -0.1) is 0 Å². The van der Waals surface area contributed by atoms with Gasteiger partial charge in [-0.05, 0) is 42.5 Å². The molecule has 4 amide bonds. The van der Waals surface area contributed by atoms with Crippen LogP contribution in [0.25, 0.3) is 10.9 Å². The lowest BCUT2D eigenvalue weighted by molar-refractivity contribution is -0.141. The van der Waals surface area contributed by atoms with E-state index in [1.54, 1.807) is 64.2 Å². The predicted octanol–water partition coefficient (Wildman–Crippen LogP) is 2.52. The van der Waals surface area contributed by atoms with Crippen LogP contribution in [0.3, 0.4) is 0 Å². The number of pyridine rings is 1. The minimum absolute atomic E-state index is 0.175. The number of nitrogens with one attached hydrogen (secondary N) is 4. The summed E-state index contributed by atoms with van der Waals surface area (Å²) < 4.78 is 0. The number of fused-ring (bicyclic) bond motifs is 1. The smallest absolute Gasteiger partial charge is 0.289 e. The molecule has 0 radical (unpaired) electrons. The first-order valence-electron chi connectivity index (χ1n) is 13.6. The van der Waals surface area contributed by atoms with Gasteiger partial charge in [-0.1, -0.05) is 70.2 Å². The molecular weight excluding hydrogens is 522 g/mol. The monoisotopic (exact) mass is 559 g/mol. The van der Waals surface area contributed by atoms with Crippen molar-refractivity contribution < 1.29 is 24.0 Å². The molecule has 0 unspecified atom stereocenters. The lowest BCUT2D eigenvalue weighted by atomic mass is 9.98. The molecule has 3 aromatic rings. The molecule has 0 fully saturated rings. The van der Waals surface area contributed by atoms with Gasteiger partial charge in [0.2, 0.25) is 17.6 Å². The SMILES string of the molecule is CC(C)[C@H](NC(=O)c1cccc2ncccc12)C(=O)N[C@@H](C)C(=O)N[C@H](C(=O)C(=O)NCc1ccccc1)C(C)C. The van der Waals surface area contributed by atoms with Crippen molar-refractivity contribution in [2.24, 2.45) is 11.8 Å². The average molecular weight is 560 g/mol. The summed E-state index contributed by atoms with van der Waals surface area (Å²) in [7, 11) is 0. The Bertz CT molecular complexity index is 1400. The van der Waals surface area contributed by atoms with Crippen molar-refractivity contribution in [3.8, 4) is 0 Å². The van der Waals surface area contributed by atoms with Gasteiger partial charge >= 0.3 is 0 Å². The van der Waals surface area contributed by atoms with E-state index in [0.717, 1.165) is 5.56 Å². The summed E-state index contributed by atoms with van der Waals surface area (Å²) in [5.41, 5.74) is 1.86. The third kappa shape index (κ3) is 8.20. The predicted molar refractivity (Wildman–Crippen MR) is 156 cm³/mol. The van der Waals surface area contributed by atoms with Gasteiger partial charge < -0.3 is 21.3 Å². The summed E-state index contributed by atoms with van der Waals surface area (Å²) in [6.45, 7) is 8.63. The van der Waals surface area contributed by atoms with Gasteiger partial charge in [0, 0.05) is 23.7 Å². The first kappa shape index (κ1) is 30.9. The summed E-state index contributed by atoms with van der Waals surface area (Å²) in [6, 6.07) is 14.8. The molecule has 2 aromatic carbocycles. The molecule has 0 aliphatic rings. The van der Waals surface area contributed by atoms with Crippen LogP contribution < -0.4 is 21.3 Å². The van der Waals surface area contributed by atoms with Crippen LogP contribution >= 0.6 is 0 Å². The molecule has 41 heavy (non-hydrogen) atoms. The highest BCUT2D eigenvalue weighted by atomic mass is 16.2. The topological polar surface area (TPSA) is 146 Å². The maximum absolute atomic E-state index is 13.2. The largest absolute Gasteiger partial charge is 0.345 e. The fourth-order valence-corrected chi connectivity index (χ4v) is 4.24. The van der Waals surface area contributed by atoms with Gasteiger partial charge in [0.05, 0.1) is 11.6 Å². The number of hydrogen-bond acceptors (Lipinski definition) is 6. The zero-order chi connectivity index (χ0) is 30.1. The molecule has 3 atom stereocenters. The molecular formula is C31H37N5O5. The van der Waals surface area contributed by atoms with Crippen molar-refractivity contribution in [3.05, 3.63) is 78.0 Å². The summed E-state index contributed by atoms with van der Waals surface area (Å²) in [5.74, 6) is -3.88. The number of ketones is 1. The summed E-state index contributed by atoms with van der Waals surface area (Å²) >= 11 is 0. The van der Waals surface area contributed by atoms with Crippen molar-refractivity contribution in [1.29, 1.82) is 0 Å². The Kier molecular flexibility index (Phi) is 10.7. The molecule has 0 aliphatic carbocycles. The van der Waals surface area contributed by atoms with Crippen LogP contribution in [0.2, 0.25) is 0 Å². The molecule has 10 heteroatoms. The van der Waals surface area contributed by atoms with E-state index in [1.165, 1.54) is 6.92 Å². The van der Waals surface area contributed by atoms with Crippen LogP contribution in [-0.4, -0.2) is 52.5 Å². The highest BCUT2D eigenvalue weighted by Gasteiger charge is 2.32. The lowest BCUT2D eigenvalue weighted by Crippen LogP contribution is -2.57. The van der Waals surface area contributed by atoms with E-state index < -0.39 is 47.5 Å². The standard InChI is InChI=1S/C31H37N5O5/c1-18(2)25(27(37)31(41)33-17-21-11-7-6-8-12-21)35-28(38)20(5)34-30(40)26(19(3)4)36-29(39)23-13-9-15-24-22(23)14-10-16-32-24/h6-16,18-20,25-26H,17H2,1-5H3,(H,33,41)(H,34,40)(H,35,38)(H,36,39)/t20-,25-,26-/m0/s1. The number of Topliss-reactive ketones (excluding diaryl/α,β-unsaturated/α-hetero) is 1. The number of nitrogens with zero attached hydrogens (tertiary/aromatic N) is 1. The fraction of sp³-hybridized carbons (Fsp3) is 0.355. The molecule has 3 rings (SSSR count). The number of rotatable bonds is 12. The molecule has 0 aliphatic heterocycles. The number of amides is 4. The quantitative estimate of drug-likeness (QED) is 0.251. The first-order valence-corrected chi connectivity index (χ1v) is 13.6. The second-order valence-electron chi connectivity index (χ2n) is 10.6. The Morgan fingerprint density at radius 3 is 2.05 bits per heavy atom. The summed E-state index contributed by atoms with van der Waals surface area (Å²) in [4.78, 5) is 68.9. The zero-order valence-electron chi connectivity index (χ0n) is 23.9. The van der Waals surface area contributed by atoms with E-state index in [4.69, 9.17) is 0 Å². The third-order valence-electron chi connectivity index (χ3n) is 6.64. The molecule has 216 valence electrons. The van der Waals surface area contributed by atoms with E-state index in [9.17, 15) is 24.0 Å². The highest BCUT2D eigenvalue weighted by Crippen LogP contribution is 2.17. The van der Waals surface area contributed by atoms with Gasteiger partial charge in [0.15, 0.2) is 0 Å². The van der Waals surface area contributed by atoms with E-state index in [-0.39, 0.29) is 18.4 Å². The number of carbonyl (C=O) groups is 5. The van der Waals surface area contributed by atoms with Crippen LogP contribution in [0.4, 0.5) is 0 Å². The lowest BCUT2D eigenvalue weighted by Gasteiger charge is -2.26. The second-order valence-corrected chi connectivity index (χ2v) is 10.6. The molecule has 10 nitrogen and oxygen atoms in total. The Balaban J connectivity index is 1.62. The van der Waals surface area contributed by atoms with Crippen LogP contribution in [0.15, 0.2) is 66.9 Å². The van der Waals surface area contributed by atoms with Crippen LogP contribution in [0.5, 0.6) is 0 Å². The van der Waals surface area contributed by atoms with Crippen LogP contribution in [-0.2, 0) is 25.7 Å². The van der Waals surface area contributed by atoms with Gasteiger partial charge in [0.1, 0.15) is 12.1 Å². The maximum Gasteiger partial charge on any atom is 0.289 e. The van der Waals surface area contributed by atoms with E-state index in [2.05, 4.69) is 26.3 Å². The normalized spacial score (nSPS) is 13.2. The van der Waals surface area contributed by atoms with Crippen molar-refractivity contribution in [1.82, 2.24) is 26.3 Å². The maximum atomic E-state index is 13.2.